The molecule has 0 saturated heterocycles. The van der Waals surface area contributed by atoms with Crippen molar-refractivity contribution >= 4 is 65.4 Å². The molecule has 122 heavy (non-hydrogen) atoms. The third-order valence-electron chi connectivity index (χ3n) is 29.4. The largest absolute Gasteiger partial charge is 0.309 e. The molecule has 0 N–H and O–H groups in total. The summed E-state index contributed by atoms with van der Waals surface area (Å²) in [5.74, 6) is 1.88. The summed E-state index contributed by atoms with van der Waals surface area (Å²) in [7, 11) is 0. The monoisotopic (exact) mass is 1570 g/mol. The number of para-hydroxylation sites is 3. The summed E-state index contributed by atoms with van der Waals surface area (Å²) in [6.07, 6.45) is 7.59. The highest BCUT2D eigenvalue weighted by molar-refractivity contribution is 6.16. The summed E-state index contributed by atoms with van der Waals surface area (Å²) >= 11 is 0. The fraction of sp³-hybridized carbons (Fsp3) is 0.147. The number of rotatable bonds is 5. The number of hydrogen-bond donors (Lipinski definition) is 0. The van der Waals surface area contributed by atoms with Crippen LogP contribution in [0.25, 0.3) is 161 Å². The number of aromatic nitrogens is 6. The van der Waals surface area contributed by atoms with Gasteiger partial charge < -0.3 is 4.57 Å². The standard InChI is InChI=1S/C46H34N2.2C35H28N2/c1-45(2)37-20-12-10-18-32(37)34-22-23-38-43(44(34)45)36-28-41-35(27-39(36)46(38,3)31-16-8-5-9-17-31)33-19-11-13-21-40(33)48(41)42-26-30(24-25-47-42)29-14-6-4-7-15-29;1-34(2)26-13-7-5-12-23(26)32-27(34)17-16-22-24-20-30-25(19-28(24)35(3,4)33(22)32)21-11-6-8-14-29(21)37(30)31-15-9-10-18-36-31;1-34(2)26-11-7-5-10-23(26)32-27(34)13-14-28-33(32)25-20-31-24(19-29(25)35(28,3)4)22-9-6-8-12-30(22)37(31)21-15-17-36-18-16-21/h4-28H,1-3H3;2*5-20H,1-4H3. The van der Waals surface area contributed by atoms with Gasteiger partial charge in [-0.2, -0.15) is 0 Å². The fourth-order valence-corrected chi connectivity index (χ4v) is 23.6. The minimum Gasteiger partial charge on any atom is -0.309 e. The van der Waals surface area contributed by atoms with Crippen LogP contribution in [0.1, 0.15) is 148 Å². The molecule has 6 aliphatic carbocycles. The SMILES string of the molecule is CC1(C)c2ccccc2-c2c1ccc1c2-c2cc3c(cc2C1(C)C)c1ccccc1n3-c1ccncc1.CC1(C)c2ccccc2-c2c1ccc1c2C(C)(C)c2cc3c4ccccc4n(-c4ccccn4)c3cc2-1.CC1(C)c2ccccc2-c2ccc3c(c21)-c1cc2c(cc1C3(C)c1ccccc1)c1ccccc1n2-c1cc(-c2ccccc2)ccn1. The van der Waals surface area contributed by atoms with E-state index in [2.05, 4.69) is 410 Å². The van der Waals surface area contributed by atoms with Crippen LogP contribution in [0.4, 0.5) is 0 Å². The van der Waals surface area contributed by atoms with E-state index in [1.54, 1.807) is 0 Å². The first-order valence-corrected chi connectivity index (χ1v) is 43.2. The zero-order chi connectivity index (χ0) is 82.4. The van der Waals surface area contributed by atoms with E-state index in [4.69, 9.17) is 9.97 Å². The number of nitrogens with zero attached hydrogens (tertiary/aromatic N) is 6. The van der Waals surface area contributed by atoms with Gasteiger partial charge in [-0.3, -0.25) is 14.1 Å². The number of pyridine rings is 3. The van der Waals surface area contributed by atoms with Crippen molar-refractivity contribution in [3.63, 3.8) is 0 Å². The van der Waals surface area contributed by atoms with Crippen LogP contribution < -0.4 is 0 Å². The molecule has 1 atom stereocenters. The van der Waals surface area contributed by atoms with Crippen LogP contribution in [-0.4, -0.2) is 28.7 Å². The molecule has 6 heterocycles. The highest BCUT2D eigenvalue weighted by Gasteiger charge is 2.50. The zero-order valence-electron chi connectivity index (χ0n) is 70.6. The second kappa shape index (κ2) is 25.5. The molecule has 0 saturated carbocycles. The van der Waals surface area contributed by atoms with Crippen molar-refractivity contribution in [2.75, 3.05) is 0 Å². The molecule has 0 amide bonds. The molecular formula is C116H90N6. The van der Waals surface area contributed by atoms with Gasteiger partial charge in [-0.25, -0.2) is 9.97 Å². The summed E-state index contributed by atoms with van der Waals surface area (Å²) in [5.41, 5.74) is 45.1. The minimum atomic E-state index is -0.311. The quantitative estimate of drug-likeness (QED) is 0.173. The molecule has 1 unspecified atom stereocenters. The Morgan fingerprint density at radius 3 is 1.22 bits per heavy atom. The van der Waals surface area contributed by atoms with Crippen LogP contribution in [0.2, 0.25) is 0 Å². The van der Waals surface area contributed by atoms with Crippen molar-refractivity contribution in [1.82, 2.24) is 28.7 Å². The predicted octanol–water partition coefficient (Wildman–Crippen LogP) is 29.1. The Hall–Kier alpha value is -14.1. The lowest BCUT2D eigenvalue weighted by molar-refractivity contribution is 0.648. The van der Waals surface area contributed by atoms with Gasteiger partial charge in [0.1, 0.15) is 11.6 Å². The maximum absolute atomic E-state index is 4.99. The van der Waals surface area contributed by atoms with Crippen LogP contribution in [-0.2, 0) is 32.5 Å². The molecule has 6 nitrogen and oxygen atoms in total. The average molecular weight is 1570 g/mol. The Bertz CT molecular complexity index is 7900. The van der Waals surface area contributed by atoms with Gasteiger partial charge in [0, 0.05) is 95.3 Å². The van der Waals surface area contributed by atoms with Gasteiger partial charge in [0.2, 0.25) is 0 Å². The molecule has 6 aromatic heterocycles. The summed E-state index contributed by atoms with van der Waals surface area (Å²) < 4.78 is 7.10. The minimum absolute atomic E-state index is 0.00227. The van der Waals surface area contributed by atoms with Crippen molar-refractivity contribution in [1.29, 1.82) is 0 Å². The van der Waals surface area contributed by atoms with Gasteiger partial charge >= 0.3 is 0 Å². The van der Waals surface area contributed by atoms with E-state index in [9.17, 15) is 0 Å². The van der Waals surface area contributed by atoms with E-state index in [1.165, 1.54) is 210 Å². The van der Waals surface area contributed by atoms with Gasteiger partial charge in [-0.1, -0.05) is 300 Å². The molecule has 0 spiro atoms. The Labute approximate surface area is 711 Å². The number of fused-ring (bicyclic) bond motifs is 30. The number of benzene rings is 14. The topological polar surface area (TPSA) is 53.5 Å². The molecule has 0 aliphatic heterocycles. The number of hydrogen-bond acceptors (Lipinski definition) is 3. The summed E-state index contributed by atoms with van der Waals surface area (Å²) in [4.78, 5) is 14.0. The average Bonchev–Trinajstić information content (AvgIpc) is 1.52. The Balaban J connectivity index is 0.000000105. The van der Waals surface area contributed by atoms with Crippen molar-refractivity contribution < 1.29 is 0 Å². The Kier molecular flexibility index (Phi) is 15.0. The van der Waals surface area contributed by atoms with E-state index in [0.717, 1.165) is 22.9 Å². The first kappa shape index (κ1) is 72.0. The van der Waals surface area contributed by atoms with Crippen LogP contribution in [0.15, 0.2) is 346 Å². The van der Waals surface area contributed by atoms with E-state index >= 15 is 0 Å². The van der Waals surface area contributed by atoms with E-state index in [1.807, 2.05) is 30.9 Å². The van der Waals surface area contributed by atoms with E-state index < -0.39 is 0 Å². The van der Waals surface area contributed by atoms with Crippen LogP contribution in [0.5, 0.6) is 0 Å². The van der Waals surface area contributed by atoms with Crippen LogP contribution in [0.3, 0.4) is 0 Å². The van der Waals surface area contributed by atoms with E-state index in [-0.39, 0.29) is 32.5 Å². The Morgan fingerprint density at radius 2 is 0.623 bits per heavy atom. The smallest absolute Gasteiger partial charge is 0.138 e. The van der Waals surface area contributed by atoms with Crippen molar-refractivity contribution in [3.05, 3.63) is 419 Å². The fourth-order valence-electron chi connectivity index (χ4n) is 23.6. The molecule has 6 heteroatoms. The second-order valence-corrected chi connectivity index (χ2v) is 37.4. The van der Waals surface area contributed by atoms with Crippen molar-refractivity contribution in [2.45, 2.75) is 109 Å². The predicted molar refractivity (Wildman–Crippen MR) is 506 cm³/mol. The molecule has 14 aromatic carbocycles. The normalized spacial score (nSPS) is 16.4. The van der Waals surface area contributed by atoms with Gasteiger partial charge in [0.15, 0.2) is 0 Å². The third kappa shape index (κ3) is 9.69. The lowest BCUT2D eigenvalue weighted by atomic mass is 9.73. The molecule has 0 radical (unpaired) electrons. The van der Waals surface area contributed by atoms with Gasteiger partial charge in [-0.05, 0) is 248 Å². The molecule has 584 valence electrons. The van der Waals surface area contributed by atoms with Gasteiger partial charge in [0.05, 0.1) is 33.1 Å². The summed E-state index contributed by atoms with van der Waals surface area (Å²) in [6, 6.07) is 119. The Morgan fingerprint density at radius 1 is 0.213 bits per heavy atom. The van der Waals surface area contributed by atoms with Crippen molar-refractivity contribution in [2.24, 2.45) is 0 Å². The lowest BCUT2D eigenvalue weighted by Gasteiger charge is -2.29. The van der Waals surface area contributed by atoms with Crippen molar-refractivity contribution in [3.8, 4) is 95.2 Å². The third-order valence-corrected chi connectivity index (χ3v) is 29.4. The molecule has 6 aliphatic rings. The van der Waals surface area contributed by atoms with Crippen LogP contribution in [0, 0.1) is 0 Å². The first-order chi connectivity index (χ1) is 59.2. The summed E-state index contributed by atoms with van der Waals surface area (Å²) in [5, 5.41) is 7.66. The second-order valence-electron chi connectivity index (χ2n) is 37.4. The highest BCUT2D eigenvalue weighted by Crippen LogP contribution is 2.65. The van der Waals surface area contributed by atoms with Gasteiger partial charge in [0.25, 0.3) is 0 Å². The van der Waals surface area contributed by atoms with Crippen LogP contribution >= 0.6 is 0 Å². The van der Waals surface area contributed by atoms with E-state index in [0.29, 0.717) is 0 Å². The van der Waals surface area contributed by atoms with Gasteiger partial charge in [-0.15, -0.1) is 0 Å². The highest BCUT2D eigenvalue weighted by atomic mass is 15.1. The summed E-state index contributed by atoms with van der Waals surface area (Å²) in [6.45, 7) is 26.3. The maximum Gasteiger partial charge on any atom is 0.138 e. The maximum atomic E-state index is 4.99. The zero-order valence-corrected chi connectivity index (χ0v) is 70.6. The molecule has 0 bridgehead atoms. The molecule has 0 fully saturated rings. The molecule has 20 aromatic rings. The molecule has 26 rings (SSSR count). The lowest BCUT2D eigenvalue weighted by Crippen LogP contribution is -2.23. The molecular weight excluding hydrogens is 1480 g/mol. The first-order valence-electron chi connectivity index (χ1n) is 43.2.